The average Bonchev–Trinajstić information content (AvgIpc) is 2.56. The van der Waals surface area contributed by atoms with Gasteiger partial charge in [0, 0.05) is 5.02 Å². The Morgan fingerprint density at radius 1 is 1.00 bits per heavy atom. The summed E-state index contributed by atoms with van der Waals surface area (Å²) in [5.41, 5.74) is 2.76. The molecule has 1 aliphatic heterocycles. The van der Waals surface area contributed by atoms with Gasteiger partial charge in [-0.2, -0.15) is 0 Å². The standard InChI is InChI=1S/C19H15ClN2O3/c1-11-7-8-14(9-12(11)2)22-18(24)15(17(23)21-19(22)25)10-13-5-3-4-6-16(13)20/h3-10H,1-2H3,(H,21,23,25)/b15-10-. The van der Waals surface area contributed by atoms with E-state index in [2.05, 4.69) is 5.32 Å². The van der Waals surface area contributed by atoms with E-state index in [1.165, 1.54) is 6.08 Å². The summed E-state index contributed by atoms with van der Waals surface area (Å²) in [6, 6.07) is 11.3. The second-order valence-corrected chi connectivity index (χ2v) is 6.16. The molecular weight excluding hydrogens is 340 g/mol. The maximum absolute atomic E-state index is 12.8. The monoisotopic (exact) mass is 354 g/mol. The molecule has 0 aromatic heterocycles. The molecule has 5 nitrogen and oxygen atoms in total. The Bertz CT molecular complexity index is 934. The number of benzene rings is 2. The lowest BCUT2D eigenvalue weighted by Crippen LogP contribution is -2.54. The van der Waals surface area contributed by atoms with Crippen LogP contribution in [0.5, 0.6) is 0 Å². The number of rotatable bonds is 2. The van der Waals surface area contributed by atoms with Crippen molar-refractivity contribution in [3.8, 4) is 0 Å². The van der Waals surface area contributed by atoms with Crippen molar-refractivity contribution in [1.82, 2.24) is 5.32 Å². The molecule has 0 saturated carbocycles. The first kappa shape index (κ1) is 16.9. The maximum atomic E-state index is 12.8. The number of barbiturate groups is 1. The highest BCUT2D eigenvalue weighted by atomic mass is 35.5. The fraction of sp³-hybridized carbons (Fsp3) is 0.105. The first-order valence-corrected chi connectivity index (χ1v) is 7.99. The SMILES string of the molecule is Cc1ccc(N2C(=O)NC(=O)/C(=C/c3ccccc3Cl)C2=O)cc1C. The number of carbonyl (C=O) groups excluding carboxylic acids is 3. The van der Waals surface area contributed by atoms with Gasteiger partial charge in [-0.05, 0) is 54.8 Å². The highest BCUT2D eigenvalue weighted by Crippen LogP contribution is 2.25. The molecule has 6 heteroatoms. The Balaban J connectivity index is 2.05. The van der Waals surface area contributed by atoms with Gasteiger partial charge < -0.3 is 0 Å². The van der Waals surface area contributed by atoms with Crippen LogP contribution in [0.1, 0.15) is 16.7 Å². The average molecular weight is 355 g/mol. The Kier molecular flexibility index (Phi) is 4.42. The number of carbonyl (C=O) groups is 3. The molecule has 4 amide bonds. The van der Waals surface area contributed by atoms with Gasteiger partial charge in [0.05, 0.1) is 5.69 Å². The lowest BCUT2D eigenvalue weighted by atomic mass is 10.1. The lowest BCUT2D eigenvalue weighted by Gasteiger charge is -2.26. The number of halogens is 1. The van der Waals surface area contributed by atoms with Crippen LogP contribution >= 0.6 is 11.6 Å². The van der Waals surface area contributed by atoms with E-state index in [0.29, 0.717) is 16.3 Å². The molecule has 1 saturated heterocycles. The predicted octanol–water partition coefficient (Wildman–Crippen LogP) is 3.62. The third-order valence-corrected chi connectivity index (χ3v) is 4.40. The largest absolute Gasteiger partial charge is 0.335 e. The van der Waals surface area contributed by atoms with E-state index in [9.17, 15) is 14.4 Å². The Hall–Kier alpha value is -2.92. The Morgan fingerprint density at radius 3 is 2.40 bits per heavy atom. The predicted molar refractivity (Wildman–Crippen MR) is 96.4 cm³/mol. The van der Waals surface area contributed by atoms with Gasteiger partial charge in [-0.1, -0.05) is 35.9 Å². The van der Waals surface area contributed by atoms with E-state index >= 15 is 0 Å². The van der Waals surface area contributed by atoms with Crippen LogP contribution in [-0.2, 0) is 9.59 Å². The van der Waals surface area contributed by atoms with Crippen LogP contribution in [0.25, 0.3) is 6.08 Å². The number of nitrogens with one attached hydrogen (secondary N) is 1. The van der Waals surface area contributed by atoms with Gasteiger partial charge in [-0.15, -0.1) is 0 Å². The molecule has 0 bridgehead atoms. The fourth-order valence-corrected chi connectivity index (χ4v) is 2.69. The third-order valence-electron chi connectivity index (χ3n) is 4.06. The minimum absolute atomic E-state index is 0.147. The normalized spacial score (nSPS) is 16.4. The van der Waals surface area contributed by atoms with Gasteiger partial charge in [0.25, 0.3) is 11.8 Å². The summed E-state index contributed by atoms with van der Waals surface area (Å²) in [6.07, 6.45) is 1.39. The molecule has 25 heavy (non-hydrogen) atoms. The third kappa shape index (κ3) is 3.19. The van der Waals surface area contributed by atoms with E-state index in [1.807, 2.05) is 19.9 Å². The topological polar surface area (TPSA) is 66.5 Å². The van der Waals surface area contributed by atoms with Gasteiger partial charge in [0.2, 0.25) is 0 Å². The minimum Gasteiger partial charge on any atom is -0.273 e. The van der Waals surface area contributed by atoms with Crippen LogP contribution in [0.4, 0.5) is 10.5 Å². The molecular formula is C19H15ClN2O3. The highest BCUT2D eigenvalue weighted by molar-refractivity contribution is 6.39. The fourth-order valence-electron chi connectivity index (χ4n) is 2.50. The van der Waals surface area contributed by atoms with E-state index < -0.39 is 17.8 Å². The van der Waals surface area contributed by atoms with Crippen LogP contribution in [0, 0.1) is 13.8 Å². The lowest BCUT2D eigenvalue weighted by molar-refractivity contribution is -0.122. The van der Waals surface area contributed by atoms with Crippen LogP contribution < -0.4 is 10.2 Å². The smallest absolute Gasteiger partial charge is 0.273 e. The molecule has 2 aromatic carbocycles. The number of nitrogens with zero attached hydrogens (tertiary/aromatic N) is 1. The van der Waals surface area contributed by atoms with Gasteiger partial charge in [-0.3, -0.25) is 14.9 Å². The zero-order valence-electron chi connectivity index (χ0n) is 13.7. The molecule has 0 unspecified atom stereocenters. The number of amides is 4. The van der Waals surface area contributed by atoms with Crippen molar-refractivity contribution < 1.29 is 14.4 Å². The molecule has 126 valence electrons. The molecule has 1 aliphatic rings. The zero-order chi connectivity index (χ0) is 18.1. The zero-order valence-corrected chi connectivity index (χ0v) is 14.4. The van der Waals surface area contributed by atoms with Crippen molar-refractivity contribution in [1.29, 1.82) is 0 Å². The molecule has 1 fully saturated rings. The van der Waals surface area contributed by atoms with Gasteiger partial charge in [-0.25, -0.2) is 9.69 Å². The highest BCUT2D eigenvalue weighted by Gasteiger charge is 2.36. The van der Waals surface area contributed by atoms with Crippen molar-refractivity contribution in [2.75, 3.05) is 4.90 Å². The van der Waals surface area contributed by atoms with E-state index in [-0.39, 0.29) is 5.57 Å². The van der Waals surface area contributed by atoms with Crippen molar-refractivity contribution in [3.63, 3.8) is 0 Å². The molecule has 1 heterocycles. The molecule has 0 radical (unpaired) electrons. The quantitative estimate of drug-likeness (QED) is 0.661. The second-order valence-electron chi connectivity index (χ2n) is 5.75. The van der Waals surface area contributed by atoms with Crippen molar-refractivity contribution in [2.45, 2.75) is 13.8 Å². The number of hydrogen-bond acceptors (Lipinski definition) is 3. The Morgan fingerprint density at radius 2 is 1.72 bits per heavy atom. The van der Waals surface area contributed by atoms with Gasteiger partial charge in [0.15, 0.2) is 0 Å². The summed E-state index contributed by atoms with van der Waals surface area (Å²) in [4.78, 5) is 38.1. The Labute approximate surface area is 149 Å². The summed E-state index contributed by atoms with van der Waals surface area (Å²) in [7, 11) is 0. The summed E-state index contributed by atoms with van der Waals surface area (Å²) in [5.74, 6) is -1.42. The number of aryl methyl sites for hydroxylation is 2. The number of imide groups is 2. The second kappa shape index (κ2) is 6.53. The van der Waals surface area contributed by atoms with Crippen LogP contribution in [0.3, 0.4) is 0 Å². The van der Waals surface area contributed by atoms with E-state index in [1.54, 1.807) is 36.4 Å². The first-order chi connectivity index (χ1) is 11.9. The summed E-state index contributed by atoms with van der Waals surface area (Å²) >= 11 is 6.09. The summed E-state index contributed by atoms with van der Waals surface area (Å²) in [5, 5.41) is 2.61. The molecule has 1 N–H and O–H groups in total. The molecule has 0 atom stereocenters. The summed E-state index contributed by atoms with van der Waals surface area (Å²) in [6.45, 7) is 3.82. The number of anilines is 1. The molecule has 2 aromatic rings. The number of urea groups is 1. The van der Waals surface area contributed by atoms with Gasteiger partial charge >= 0.3 is 6.03 Å². The van der Waals surface area contributed by atoms with Crippen molar-refractivity contribution in [3.05, 3.63) is 69.8 Å². The number of hydrogen-bond donors (Lipinski definition) is 1. The van der Waals surface area contributed by atoms with Gasteiger partial charge in [0.1, 0.15) is 5.57 Å². The molecule has 0 spiro atoms. The molecule has 3 rings (SSSR count). The summed E-state index contributed by atoms with van der Waals surface area (Å²) < 4.78 is 0. The van der Waals surface area contributed by atoms with Crippen LogP contribution in [-0.4, -0.2) is 17.8 Å². The van der Waals surface area contributed by atoms with Crippen LogP contribution in [0.15, 0.2) is 48.0 Å². The minimum atomic E-state index is -0.769. The van der Waals surface area contributed by atoms with E-state index in [4.69, 9.17) is 11.6 Å². The maximum Gasteiger partial charge on any atom is 0.335 e. The molecule has 0 aliphatic carbocycles. The van der Waals surface area contributed by atoms with Crippen LogP contribution in [0.2, 0.25) is 5.02 Å². The van der Waals surface area contributed by atoms with Crippen molar-refractivity contribution >= 4 is 41.2 Å². The first-order valence-electron chi connectivity index (χ1n) is 7.61. The van der Waals surface area contributed by atoms with Crippen molar-refractivity contribution in [2.24, 2.45) is 0 Å². The van der Waals surface area contributed by atoms with E-state index in [0.717, 1.165) is 16.0 Å².